The SMILES string of the molecule is Cc1ccc(C(N)CCC(C)C)c(Cl)c1. The molecule has 1 atom stereocenters. The molecule has 0 radical (unpaired) electrons. The van der Waals surface area contributed by atoms with E-state index in [4.69, 9.17) is 17.3 Å². The van der Waals surface area contributed by atoms with Gasteiger partial charge in [0, 0.05) is 11.1 Å². The van der Waals surface area contributed by atoms with E-state index in [0.717, 1.165) is 23.4 Å². The van der Waals surface area contributed by atoms with Gasteiger partial charge in [-0.15, -0.1) is 0 Å². The van der Waals surface area contributed by atoms with E-state index in [2.05, 4.69) is 19.9 Å². The van der Waals surface area contributed by atoms with Gasteiger partial charge < -0.3 is 5.73 Å². The van der Waals surface area contributed by atoms with Crippen molar-refractivity contribution in [2.45, 2.75) is 39.7 Å². The maximum absolute atomic E-state index is 6.16. The van der Waals surface area contributed by atoms with E-state index in [1.54, 1.807) is 0 Å². The van der Waals surface area contributed by atoms with Gasteiger partial charge in [0.15, 0.2) is 0 Å². The minimum absolute atomic E-state index is 0.0699. The zero-order valence-corrected chi connectivity index (χ0v) is 10.5. The smallest absolute Gasteiger partial charge is 0.0456 e. The van der Waals surface area contributed by atoms with Crippen LogP contribution in [-0.4, -0.2) is 0 Å². The first-order valence-electron chi connectivity index (χ1n) is 5.52. The number of hydrogen-bond donors (Lipinski definition) is 1. The van der Waals surface area contributed by atoms with Gasteiger partial charge in [-0.1, -0.05) is 37.6 Å². The third-order valence-corrected chi connectivity index (χ3v) is 2.94. The molecule has 0 saturated heterocycles. The highest BCUT2D eigenvalue weighted by Crippen LogP contribution is 2.26. The molecule has 2 heteroatoms. The minimum Gasteiger partial charge on any atom is -0.324 e. The van der Waals surface area contributed by atoms with Crippen molar-refractivity contribution in [1.82, 2.24) is 0 Å². The van der Waals surface area contributed by atoms with Crippen molar-refractivity contribution in [3.8, 4) is 0 Å². The highest BCUT2D eigenvalue weighted by molar-refractivity contribution is 6.31. The average molecular weight is 226 g/mol. The molecule has 0 spiro atoms. The van der Waals surface area contributed by atoms with E-state index in [1.165, 1.54) is 5.56 Å². The van der Waals surface area contributed by atoms with Crippen LogP contribution in [0.3, 0.4) is 0 Å². The molecule has 1 rings (SSSR count). The minimum atomic E-state index is 0.0699. The van der Waals surface area contributed by atoms with E-state index in [0.29, 0.717) is 5.92 Å². The van der Waals surface area contributed by atoms with Gasteiger partial charge in [-0.05, 0) is 42.9 Å². The Kier molecular flexibility index (Phi) is 4.62. The summed E-state index contributed by atoms with van der Waals surface area (Å²) in [5, 5.41) is 0.797. The molecule has 1 unspecified atom stereocenters. The van der Waals surface area contributed by atoms with Crippen LogP contribution >= 0.6 is 11.6 Å². The van der Waals surface area contributed by atoms with Gasteiger partial charge in [0.2, 0.25) is 0 Å². The Balaban J connectivity index is 2.69. The molecular formula is C13H20ClN. The molecule has 1 aromatic rings. The van der Waals surface area contributed by atoms with E-state index in [1.807, 2.05) is 19.1 Å². The van der Waals surface area contributed by atoms with Crippen molar-refractivity contribution in [2.75, 3.05) is 0 Å². The van der Waals surface area contributed by atoms with Crippen LogP contribution in [-0.2, 0) is 0 Å². The lowest BCUT2D eigenvalue weighted by Gasteiger charge is -2.15. The molecular weight excluding hydrogens is 206 g/mol. The summed E-state index contributed by atoms with van der Waals surface area (Å²) in [5.41, 5.74) is 8.36. The lowest BCUT2D eigenvalue weighted by Crippen LogP contribution is -2.11. The Morgan fingerprint density at radius 2 is 1.93 bits per heavy atom. The van der Waals surface area contributed by atoms with Crippen LogP contribution in [0.1, 0.15) is 43.9 Å². The van der Waals surface area contributed by atoms with Gasteiger partial charge in [0.25, 0.3) is 0 Å². The second kappa shape index (κ2) is 5.53. The zero-order valence-electron chi connectivity index (χ0n) is 9.76. The number of halogens is 1. The molecule has 0 heterocycles. The second-order valence-electron chi connectivity index (χ2n) is 4.60. The fourth-order valence-electron chi connectivity index (χ4n) is 1.60. The molecule has 0 aliphatic heterocycles. The maximum Gasteiger partial charge on any atom is 0.0456 e. The van der Waals surface area contributed by atoms with Crippen molar-refractivity contribution in [3.63, 3.8) is 0 Å². The molecule has 1 aromatic carbocycles. The number of hydrogen-bond acceptors (Lipinski definition) is 1. The van der Waals surface area contributed by atoms with Gasteiger partial charge in [-0.25, -0.2) is 0 Å². The molecule has 0 amide bonds. The van der Waals surface area contributed by atoms with Crippen LogP contribution in [0.5, 0.6) is 0 Å². The van der Waals surface area contributed by atoms with Crippen LogP contribution in [0.25, 0.3) is 0 Å². The van der Waals surface area contributed by atoms with Crippen molar-refractivity contribution < 1.29 is 0 Å². The fourth-order valence-corrected chi connectivity index (χ4v) is 1.98. The molecule has 15 heavy (non-hydrogen) atoms. The molecule has 2 N–H and O–H groups in total. The van der Waals surface area contributed by atoms with Crippen LogP contribution in [0.4, 0.5) is 0 Å². The van der Waals surface area contributed by atoms with Crippen molar-refractivity contribution in [2.24, 2.45) is 11.7 Å². The molecule has 1 nitrogen and oxygen atoms in total. The normalized spacial score (nSPS) is 13.2. The summed E-state index contributed by atoms with van der Waals surface area (Å²) in [5.74, 6) is 0.695. The highest BCUT2D eigenvalue weighted by Gasteiger charge is 2.10. The van der Waals surface area contributed by atoms with Crippen LogP contribution in [0.2, 0.25) is 5.02 Å². The molecule has 0 aliphatic rings. The van der Waals surface area contributed by atoms with Gasteiger partial charge >= 0.3 is 0 Å². The summed E-state index contributed by atoms with van der Waals surface area (Å²) in [6.45, 7) is 6.46. The van der Waals surface area contributed by atoms with Crippen LogP contribution in [0, 0.1) is 12.8 Å². The van der Waals surface area contributed by atoms with E-state index < -0.39 is 0 Å². The Labute approximate surface area is 97.6 Å². The molecule has 0 bridgehead atoms. The third-order valence-electron chi connectivity index (χ3n) is 2.61. The Morgan fingerprint density at radius 3 is 2.47 bits per heavy atom. The number of benzene rings is 1. The lowest BCUT2D eigenvalue weighted by atomic mass is 9.98. The fraction of sp³-hybridized carbons (Fsp3) is 0.538. The average Bonchev–Trinajstić information content (AvgIpc) is 2.14. The van der Waals surface area contributed by atoms with Gasteiger partial charge in [0.1, 0.15) is 0 Å². The lowest BCUT2D eigenvalue weighted by molar-refractivity contribution is 0.507. The number of aryl methyl sites for hydroxylation is 1. The molecule has 0 saturated carbocycles. The van der Waals surface area contributed by atoms with E-state index in [9.17, 15) is 0 Å². The first kappa shape index (κ1) is 12.5. The first-order chi connectivity index (χ1) is 7.00. The molecule has 84 valence electrons. The van der Waals surface area contributed by atoms with Gasteiger partial charge in [-0.3, -0.25) is 0 Å². The zero-order chi connectivity index (χ0) is 11.4. The summed E-state index contributed by atoms with van der Waals surface area (Å²) in [7, 11) is 0. The van der Waals surface area contributed by atoms with Crippen molar-refractivity contribution in [1.29, 1.82) is 0 Å². The largest absolute Gasteiger partial charge is 0.324 e. The van der Waals surface area contributed by atoms with Crippen LogP contribution < -0.4 is 5.73 Å². The monoisotopic (exact) mass is 225 g/mol. The van der Waals surface area contributed by atoms with Crippen LogP contribution in [0.15, 0.2) is 18.2 Å². The summed E-state index contributed by atoms with van der Waals surface area (Å²) in [6.07, 6.45) is 2.14. The predicted molar refractivity (Wildman–Crippen MR) is 67.2 cm³/mol. The third kappa shape index (κ3) is 3.84. The Bertz CT molecular complexity index is 320. The molecule has 0 aliphatic carbocycles. The van der Waals surface area contributed by atoms with E-state index in [-0.39, 0.29) is 6.04 Å². The highest BCUT2D eigenvalue weighted by atomic mass is 35.5. The summed E-state index contributed by atoms with van der Waals surface area (Å²) >= 11 is 6.16. The topological polar surface area (TPSA) is 26.0 Å². The summed E-state index contributed by atoms with van der Waals surface area (Å²) in [4.78, 5) is 0. The quantitative estimate of drug-likeness (QED) is 0.821. The molecule has 0 fully saturated rings. The Hall–Kier alpha value is -0.530. The standard InChI is InChI=1S/C13H20ClN/c1-9(2)4-7-13(15)11-6-5-10(3)8-12(11)14/h5-6,8-9,13H,4,7,15H2,1-3H3. The first-order valence-corrected chi connectivity index (χ1v) is 5.90. The summed E-state index contributed by atoms with van der Waals surface area (Å²) in [6, 6.07) is 6.16. The predicted octanol–water partition coefficient (Wildman–Crippen LogP) is 4.08. The Morgan fingerprint density at radius 1 is 1.27 bits per heavy atom. The summed E-state index contributed by atoms with van der Waals surface area (Å²) < 4.78 is 0. The van der Waals surface area contributed by atoms with Gasteiger partial charge in [0.05, 0.1) is 0 Å². The maximum atomic E-state index is 6.16. The van der Waals surface area contributed by atoms with E-state index >= 15 is 0 Å². The van der Waals surface area contributed by atoms with Gasteiger partial charge in [-0.2, -0.15) is 0 Å². The molecule has 0 aromatic heterocycles. The number of nitrogens with two attached hydrogens (primary N) is 1. The second-order valence-corrected chi connectivity index (χ2v) is 5.01. The van der Waals surface area contributed by atoms with Crippen molar-refractivity contribution >= 4 is 11.6 Å². The van der Waals surface area contributed by atoms with Crippen molar-refractivity contribution in [3.05, 3.63) is 34.3 Å². The number of rotatable bonds is 4.